The molecule has 1 fully saturated rings. The van der Waals surface area contributed by atoms with E-state index >= 15 is 0 Å². The predicted molar refractivity (Wildman–Crippen MR) is 92.2 cm³/mol. The van der Waals surface area contributed by atoms with Gasteiger partial charge in [-0.2, -0.15) is 0 Å². The summed E-state index contributed by atoms with van der Waals surface area (Å²) < 4.78 is 2.59. The van der Waals surface area contributed by atoms with Gasteiger partial charge < -0.3 is 4.57 Å². The molecule has 0 amide bonds. The van der Waals surface area contributed by atoms with E-state index in [9.17, 15) is 0 Å². The Morgan fingerprint density at radius 3 is 2.59 bits per heavy atom. The van der Waals surface area contributed by atoms with Crippen LogP contribution >= 0.6 is 0 Å². The fourth-order valence-electron chi connectivity index (χ4n) is 3.60. The maximum atomic E-state index is 5.10. The summed E-state index contributed by atoms with van der Waals surface area (Å²) in [6.45, 7) is 14.0. The molecule has 1 aromatic rings. The van der Waals surface area contributed by atoms with E-state index in [2.05, 4.69) is 37.2 Å². The lowest BCUT2D eigenvalue weighted by atomic mass is 9.95. The highest BCUT2D eigenvalue weighted by atomic mass is 15.2. The van der Waals surface area contributed by atoms with E-state index in [-0.39, 0.29) is 5.41 Å². The molecule has 1 aliphatic heterocycles. The maximum absolute atomic E-state index is 5.10. The Balaban J connectivity index is 1.77. The molecule has 2 heterocycles. The first kappa shape index (κ1) is 16.0. The lowest BCUT2D eigenvalue weighted by Gasteiger charge is -2.27. The third-order valence-corrected chi connectivity index (χ3v) is 5.08. The van der Waals surface area contributed by atoms with Crippen LogP contribution in [0.25, 0.3) is 0 Å². The van der Waals surface area contributed by atoms with Crippen molar-refractivity contribution >= 4 is 0 Å². The van der Waals surface area contributed by atoms with E-state index in [0.717, 1.165) is 12.5 Å². The first-order valence-electron chi connectivity index (χ1n) is 9.30. The average molecular weight is 303 g/mol. The van der Waals surface area contributed by atoms with Gasteiger partial charge in [0.2, 0.25) is 0 Å². The summed E-state index contributed by atoms with van der Waals surface area (Å²) in [5, 5.41) is 0. The molecule has 0 saturated heterocycles. The van der Waals surface area contributed by atoms with Gasteiger partial charge >= 0.3 is 0 Å². The topological polar surface area (TPSA) is 21.1 Å². The number of hydrogen-bond acceptors (Lipinski definition) is 2. The van der Waals surface area contributed by atoms with E-state index in [1.165, 1.54) is 69.7 Å². The van der Waals surface area contributed by atoms with Crippen LogP contribution in [-0.2, 0) is 24.9 Å². The number of hydrogen-bond donors (Lipinski definition) is 0. The molecule has 0 aromatic carbocycles. The fraction of sp³-hybridized carbons (Fsp3) is 0.842. The minimum Gasteiger partial charge on any atom is -0.331 e. The molecule has 0 unspecified atom stereocenters. The summed E-state index contributed by atoms with van der Waals surface area (Å²) in [5.74, 6) is 2.24. The summed E-state index contributed by atoms with van der Waals surface area (Å²) >= 11 is 0. The van der Waals surface area contributed by atoms with Gasteiger partial charge in [-0.05, 0) is 31.7 Å². The van der Waals surface area contributed by atoms with Crippen molar-refractivity contribution in [2.75, 3.05) is 13.1 Å². The monoisotopic (exact) mass is 303 g/mol. The molecule has 0 N–H and O–H groups in total. The lowest BCUT2D eigenvalue weighted by Crippen LogP contribution is -2.32. The zero-order valence-corrected chi connectivity index (χ0v) is 15.0. The van der Waals surface area contributed by atoms with Crippen molar-refractivity contribution in [3.8, 4) is 0 Å². The number of aromatic nitrogens is 2. The van der Waals surface area contributed by atoms with Crippen LogP contribution < -0.4 is 0 Å². The van der Waals surface area contributed by atoms with Crippen LogP contribution in [-0.4, -0.2) is 27.5 Å². The van der Waals surface area contributed by atoms with Gasteiger partial charge in [0.15, 0.2) is 0 Å². The first-order chi connectivity index (χ1) is 10.5. The average Bonchev–Trinajstić information content (AvgIpc) is 3.19. The van der Waals surface area contributed by atoms with Gasteiger partial charge in [0.25, 0.3) is 0 Å². The van der Waals surface area contributed by atoms with Crippen molar-refractivity contribution in [1.82, 2.24) is 14.5 Å². The summed E-state index contributed by atoms with van der Waals surface area (Å²) in [6.07, 6.45) is 8.02. The molecule has 0 atom stereocenters. The van der Waals surface area contributed by atoms with Gasteiger partial charge in [0, 0.05) is 37.2 Å². The molecule has 1 aromatic heterocycles. The predicted octanol–water partition coefficient (Wildman–Crippen LogP) is 4.14. The molecular weight excluding hydrogens is 270 g/mol. The standard InChI is InChI=1S/C19H33N3/c1-5-6-7-11-21-12-10-17-16(14-21)20-18(19(2,3)4)22(17)13-15-8-9-15/h15H,5-14H2,1-4H3. The maximum Gasteiger partial charge on any atom is 0.114 e. The normalized spacial score (nSPS) is 19.5. The fourth-order valence-corrected chi connectivity index (χ4v) is 3.60. The molecule has 1 saturated carbocycles. The quantitative estimate of drug-likeness (QED) is 0.737. The highest BCUT2D eigenvalue weighted by Gasteiger charge is 2.32. The molecular formula is C19H33N3. The van der Waals surface area contributed by atoms with Crippen molar-refractivity contribution in [3.63, 3.8) is 0 Å². The van der Waals surface area contributed by atoms with Crippen molar-refractivity contribution in [2.24, 2.45) is 5.92 Å². The second-order valence-electron chi connectivity index (χ2n) is 8.37. The third kappa shape index (κ3) is 3.56. The van der Waals surface area contributed by atoms with Crippen molar-refractivity contribution < 1.29 is 0 Å². The molecule has 0 spiro atoms. The van der Waals surface area contributed by atoms with E-state index in [1.54, 1.807) is 5.69 Å². The zero-order valence-electron chi connectivity index (χ0n) is 15.0. The largest absolute Gasteiger partial charge is 0.331 e. The van der Waals surface area contributed by atoms with Gasteiger partial charge in [-0.1, -0.05) is 40.5 Å². The number of nitrogens with zero attached hydrogens (tertiary/aromatic N) is 3. The van der Waals surface area contributed by atoms with Gasteiger partial charge in [0.05, 0.1) is 5.69 Å². The number of rotatable bonds is 6. The minimum atomic E-state index is 0.152. The molecule has 0 radical (unpaired) electrons. The Hall–Kier alpha value is -0.830. The van der Waals surface area contributed by atoms with Crippen LogP contribution in [0.2, 0.25) is 0 Å². The molecule has 3 heteroatoms. The molecule has 0 bridgehead atoms. The third-order valence-electron chi connectivity index (χ3n) is 5.08. The molecule has 1 aliphatic carbocycles. The van der Waals surface area contributed by atoms with E-state index in [1.807, 2.05) is 0 Å². The van der Waals surface area contributed by atoms with Crippen molar-refractivity contribution in [1.29, 1.82) is 0 Å². The van der Waals surface area contributed by atoms with Crippen LogP contribution in [0, 0.1) is 5.92 Å². The molecule has 124 valence electrons. The lowest BCUT2D eigenvalue weighted by molar-refractivity contribution is 0.242. The van der Waals surface area contributed by atoms with Crippen LogP contribution in [0.4, 0.5) is 0 Å². The second kappa shape index (κ2) is 6.35. The molecule has 3 rings (SSSR count). The first-order valence-corrected chi connectivity index (χ1v) is 9.30. The van der Waals surface area contributed by atoms with E-state index in [4.69, 9.17) is 4.98 Å². The number of unbranched alkanes of at least 4 members (excludes halogenated alkanes) is 2. The summed E-state index contributed by atoms with van der Waals surface area (Å²) in [7, 11) is 0. The number of fused-ring (bicyclic) bond motifs is 1. The van der Waals surface area contributed by atoms with Crippen LogP contribution in [0.5, 0.6) is 0 Å². The van der Waals surface area contributed by atoms with Crippen LogP contribution in [0.1, 0.15) is 77.0 Å². The Morgan fingerprint density at radius 1 is 1.18 bits per heavy atom. The van der Waals surface area contributed by atoms with Crippen LogP contribution in [0.15, 0.2) is 0 Å². The van der Waals surface area contributed by atoms with Gasteiger partial charge in [0.1, 0.15) is 5.82 Å². The second-order valence-corrected chi connectivity index (χ2v) is 8.37. The highest BCUT2D eigenvalue weighted by molar-refractivity contribution is 5.24. The molecule has 2 aliphatic rings. The van der Waals surface area contributed by atoms with Gasteiger partial charge in [-0.25, -0.2) is 4.98 Å². The van der Waals surface area contributed by atoms with Gasteiger partial charge in [-0.15, -0.1) is 0 Å². The smallest absolute Gasteiger partial charge is 0.114 e. The summed E-state index contributed by atoms with van der Waals surface area (Å²) in [5.41, 5.74) is 3.07. The Kier molecular flexibility index (Phi) is 4.63. The van der Waals surface area contributed by atoms with E-state index in [0.29, 0.717) is 0 Å². The van der Waals surface area contributed by atoms with Crippen molar-refractivity contribution in [2.45, 2.75) is 84.7 Å². The molecule has 22 heavy (non-hydrogen) atoms. The van der Waals surface area contributed by atoms with Gasteiger partial charge in [-0.3, -0.25) is 4.90 Å². The van der Waals surface area contributed by atoms with Crippen molar-refractivity contribution in [3.05, 3.63) is 17.2 Å². The number of imidazole rings is 1. The molecule has 3 nitrogen and oxygen atoms in total. The van der Waals surface area contributed by atoms with Crippen LogP contribution in [0.3, 0.4) is 0 Å². The highest BCUT2D eigenvalue weighted by Crippen LogP contribution is 2.35. The van der Waals surface area contributed by atoms with E-state index < -0.39 is 0 Å². The zero-order chi connectivity index (χ0) is 15.7. The Bertz CT molecular complexity index is 505. The summed E-state index contributed by atoms with van der Waals surface area (Å²) in [6, 6.07) is 0. The minimum absolute atomic E-state index is 0.152. The summed E-state index contributed by atoms with van der Waals surface area (Å²) in [4.78, 5) is 7.71. The Morgan fingerprint density at radius 2 is 1.95 bits per heavy atom. The SMILES string of the molecule is CCCCCN1CCc2c(nc(C(C)(C)C)n2CC2CC2)C1. The Labute approximate surface area is 136 Å².